The summed E-state index contributed by atoms with van der Waals surface area (Å²) >= 11 is 0. The predicted octanol–water partition coefficient (Wildman–Crippen LogP) is 3.74. The van der Waals surface area contributed by atoms with Crippen LogP contribution in [0.4, 0.5) is 10.5 Å². The summed E-state index contributed by atoms with van der Waals surface area (Å²) in [4.78, 5) is 19.1. The first-order valence-electron chi connectivity index (χ1n) is 13.8. The van der Waals surface area contributed by atoms with Gasteiger partial charge in [-0.1, -0.05) is 24.3 Å². The maximum atomic E-state index is 12.5. The standard InChI is InChI=1S/C29H36BN5O3/c1-21(2)32-11-8-24(9-12-32)22-3-5-23(6-4-22)25-17-27-26(7-10-31-35(27)18-25)33-13-15-34(16-14-33)28(36)38-29(30)19-37-20-29/h3-7,10,17-18,21,24H,8-9,11-16,19-20H2,1-2H3. The molecule has 6 rings (SSSR count). The fourth-order valence-corrected chi connectivity index (χ4v) is 5.85. The van der Waals surface area contributed by atoms with Crippen LogP contribution in [0.25, 0.3) is 16.6 Å². The molecule has 0 atom stereocenters. The molecule has 2 radical (unpaired) electrons. The number of ether oxygens (including phenoxy) is 2. The minimum Gasteiger partial charge on any atom is -0.449 e. The fraction of sp³-hybridized carbons (Fsp3) is 0.517. The molecule has 3 aliphatic heterocycles. The van der Waals surface area contributed by atoms with Gasteiger partial charge in [0, 0.05) is 50.2 Å². The summed E-state index contributed by atoms with van der Waals surface area (Å²) < 4.78 is 12.5. The number of hydrogen-bond acceptors (Lipinski definition) is 6. The Morgan fingerprint density at radius 1 is 1.03 bits per heavy atom. The van der Waals surface area contributed by atoms with Crippen molar-refractivity contribution in [3.63, 3.8) is 0 Å². The number of piperidine rings is 1. The Kier molecular flexibility index (Phi) is 6.82. The Labute approximate surface area is 225 Å². The first kappa shape index (κ1) is 25.3. The number of benzene rings is 1. The highest BCUT2D eigenvalue weighted by Gasteiger charge is 2.38. The molecule has 1 amide bonds. The molecule has 2 aromatic heterocycles. The second-order valence-electron chi connectivity index (χ2n) is 11.2. The lowest BCUT2D eigenvalue weighted by Crippen LogP contribution is -2.57. The number of hydrogen-bond donors (Lipinski definition) is 0. The number of carbonyl (C=O) groups excluding carboxylic acids is 1. The molecule has 0 spiro atoms. The van der Waals surface area contributed by atoms with E-state index in [1.54, 1.807) is 4.90 Å². The number of anilines is 1. The number of carbonyl (C=O) groups is 1. The highest BCUT2D eigenvalue weighted by molar-refractivity contribution is 6.16. The van der Waals surface area contributed by atoms with Crippen molar-refractivity contribution in [2.45, 2.75) is 44.1 Å². The van der Waals surface area contributed by atoms with Gasteiger partial charge in [-0.05, 0) is 69.0 Å². The van der Waals surface area contributed by atoms with Crippen molar-refractivity contribution in [1.82, 2.24) is 19.4 Å². The number of amides is 1. The molecule has 8 nitrogen and oxygen atoms in total. The summed E-state index contributed by atoms with van der Waals surface area (Å²) in [5.74, 6) is 0.647. The van der Waals surface area contributed by atoms with E-state index < -0.39 is 5.50 Å². The number of fused-ring (bicyclic) bond motifs is 1. The van der Waals surface area contributed by atoms with E-state index in [2.05, 4.69) is 71.3 Å². The first-order valence-corrected chi connectivity index (χ1v) is 13.8. The van der Waals surface area contributed by atoms with E-state index in [0.717, 1.165) is 16.8 Å². The van der Waals surface area contributed by atoms with Gasteiger partial charge in [-0.2, -0.15) is 5.10 Å². The molecular weight excluding hydrogens is 477 g/mol. The Morgan fingerprint density at radius 2 is 1.74 bits per heavy atom. The number of piperazine rings is 1. The number of rotatable bonds is 5. The van der Waals surface area contributed by atoms with Crippen molar-refractivity contribution in [1.29, 1.82) is 0 Å². The Bertz CT molecular complexity index is 1270. The second-order valence-corrected chi connectivity index (χ2v) is 11.2. The predicted molar refractivity (Wildman–Crippen MR) is 149 cm³/mol. The van der Waals surface area contributed by atoms with Crippen LogP contribution in [0.3, 0.4) is 0 Å². The lowest BCUT2D eigenvalue weighted by Gasteiger charge is -2.41. The van der Waals surface area contributed by atoms with Crippen molar-refractivity contribution >= 4 is 25.1 Å². The Morgan fingerprint density at radius 3 is 2.37 bits per heavy atom. The van der Waals surface area contributed by atoms with Crippen molar-refractivity contribution in [3.8, 4) is 11.1 Å². The van der Waals surface area contributed by atoms with E-state index in [1.165, 1.54) is 37.1 Å². The third kappa shape index (κ3) is 5.01. The number of likely N-dealkylation sites (tertiary alicyclic amines) is 1. The molecule has 3 saturated heterocycles. The van der Waals surface area contributed by atoms with Gasteiger partial charge in [0.05, 0.1) is 24.4 Å². The van der Waals surface area contributed by atoms with Crippen LogP contribution < -0.4 is 4.90 Å². The normalized spacial score (nSPS) is 20.6. The minimum absolute atomic E-state index is 0.255. The third-order valence-electron chi connectivity index (χ3n) is 8.32. The topological polar surface area (TPSA) is 62.5 Å². The molecule has 3 fully saturated rings. The van der Waals surface area contributed by atoms with E-state index in [1.807, 2.05) is 10.7 Å². The molecule has 9 heteroatoms. The molecule has 3 aromatic rings. The molecule has 38 heavy (non-hydrogen) atoms. The van der Waals surface area contributed by atoms with Crippen molar-refractivity contribution < 1.29 is 14.3 Å². The van der Waals surface area contributed by atoms with Crippen molar-refractivity contribution in [2.24, 2.45) is 0 Å². The fourth-order valence-electron chi connectivity index (χ4n) is 5.85. The summed E-state index contributed by atoms with van der Waals surface area (Å²) in [6.45, 7) is 10.0. The zero-order valence-corrected chi connectivity index (χ0v) is 22.4. The van der Waals surface area contributed by atoms with Gasteiger partial charge in [0.15, 0.2) is 0 Å². The third-order valence-corrected chi connectivity index (χ3v) is 8.32. The molecule has 0 unspecified atom stereocenters. The molecule has 1 aromatic carbocycles. The summed E-state index contributed by atoms with van der Waals surface area (Å²) in [6.07, 6.45) is 6.04. The Hall–Kier alpha value is -3.04. The smallest absolute Gasteiger partial charge is 0.409 e. The summed E-state index contributed by atoms with van der Waals surface area (Å²) in [7, 11) is 5.99. The molecule has 198 valence electrons. The second kappa shape index (κ2) is 10.3. The van der Waals surface area contributed by atoms with Gasteiger partial charge in [-0.15, -0.1) is 0 Å². The molecule has 0 bridgehead atoms. The van der Waals surface area contributed by atoms with Crippen LogP contribution in [-0.2, 0) is 9.47 Å². The molecule has 3 aliphatic rings. The summed E-state index contributed by atoms with van der Waals surface area (Å²) in [6, 6.07) is 14.0. The van der Waals surface area contributed by atoms with E-state index >= 15 is 0 Å². The molecule has 0 N–H and O–H groups in total. The Balaban J connectivity index is 1.12. The van der Waals surface area contributed by atoms with E-state index in [9.17, 15) is 4.79 Å². The summed E-state index contributed by atoms with van der Waals surface area (Å²) in [5.41, 5.74) is 5.02. The quantitative estimate of drug-likeness (QED) is 0.485. The van der Waals surface area contributed by atoms with Crippen LogP contribution in [0.15, 0.2) is 48.8 Å². The van der Waals surface area contributed by atoms with Gasteiger partial charge < -0.3 is 24.2 Å². The lowest BCUT2D eigenvalue weighted by molar-refractivity contribution is -0.133. The van der Waals surface area contributed by atoms with Gasteiger partial charge >= 0.3 is 6.09 Å². The zero-order chi connectivity index (χ0) is 26.3. The van der Waals surface area contributed by atoms with Crippen LogP contribution in [-0.4, -0.2) is 97.4 Å². The zero-order valence-electron chi connectivity index (χ0n) is 22.4. The summed E-state index contributed by atoms with van der Waals surface area (Å²) in [5, 5.41) is 4.57. The number of nitrogens with zero attached hydrogens (tertiary/aromatic N) is 5. The van der Waals surface area contributed by atoms with Crippen LogP contribution in [0.1, 0.15) is 38.2 Å². The number of aromatic nitrogens is 2. The molecule has 5 heterocycles. The van der Waals surface area contributed by atoms with Gasteiger partial charge in [0.25, 0.3) is 0 Å². The van der Waals surface area contributed by atoms with Crippen LogP contribution in [0, 0.1) is 0 Å². The van der Waals surface area contributed by atoms with E-state index in [-0.39, 0.29) is 19.3 Å². The molecule has 0 aliphatic carbocycles. The lowest BCUT2D eigenvalue weighted by atomic mass is 9.80. The highest BCUT2D eigenvalue weighted by Crippen LogP contribution is 2.32. The maximum absolute atomic E-state index is 12.5. The highest BCUT2D eigenvalue weighted by atomic mass is 16.6. The van der Waals surface area contributed by atoms with Crippen molar-refractivity contribution in [3.05, 3.63) is 54.4 Å². The van der Waals surface area contributed by atoms with Crippen molar-refractivity contribution in [2.75, 3.05) is 57.4 Å². The van der Waals surface area contributed by atoms with E-state index in [0.29, 0.717) is 38.1 Å². The maximum Gasteiger partial charge on any atom is 0.409 e. The minimum atomic E-state index is -0.975. The average Bonchev–Trinajstić information content (AvgIpc) is 3.37. The SMILES string of the molecule is [B]C1(OC(=O)N2CCN(c3ccnn4cc(-c5ccc(C6CCN(C(C)C)CC6)cc5)cc34)CC2)COC1. The van der Waals surface area contributed by atoms with Gasteiger partial charge in [-0.25, -0.2) is 9.31 Å². The van der Waals surface area contributed by atoms with E-state index in [4.69, 9.17) is 17.3 Å². The first-order chi connectivity index (χ1) is 18.4. The van der Waals surface area contributed by atoms with Crippen LogP contribution in [0.2, 0.25) is 0 Å². The van der Waals surface area contributed by atoms with Crippen LogP contribution >= 0.6 is 0 Å². The van der Waals surface area contributed by atoms with Gasteiger partial charge in [-0.3, -0.25) is 0 Å². The van der Waals surface area contributed by atoms with Gasteiger partial charge in [0.1, 0.15) is 13.3 Å². The molecule has 0 saturated carbocycles. The monoisotopic (exact) mass is 513 g/mol. The largest absolute Gasteiger partial charge is 0.449 e. The average molecular weight is 513 g/mol. The van der Waals surface area contributed by atoms with Gasteiger partial charge in [0.2, 0.25) is 0 Å². The molecular formula is C29H36BN5O3. The van der Waals surface area contributed by atoms with Crippen LogP contribution in [0.5, 0.6) is 0 Å².